The number of aliphatic hydroxyl groups is 1. The Labute approximate surface area is 128 Å². The molecule has 0 aliphatic rings. The molecule has 0 fully saturated rings. The highest BCUT2D eigenvalue weighted by atomic mass is 35.5. The van der Waals surface area contributed by atoms with Crippen molar-refractivity contribution in [2.45, 2.75) is 33.3 Å². The molecule has 0 bridgehead atoms. The molecule has 0 aliphatic carbocycles. The molecule has 20 heavy (non-hydrogen) atoms. The van der Waals surface area contributed by atoms with Gasteiger partial charge in [-0.15, -0.1) is 11.3 Å². The average Bonchev–Trinajstić information content (AvgIpc) is 2.89. The van der Waals surface area contributed by atoms with Gasteiger partial charge >= 0.3 is 0 Å². The number of aliphatic hydroxyl groups excluding tert-OH is 1. The zero-order chi connectivity index (χ0) is 14.5. The van der Waals surface area contributed by atoms with E-state index in [-0.39, 0.29) is 6.61 Å². The Hall–Kier alpha value is -1.10. The molecule has 0 unspecified atom stereocenters. The fourth-order valence-corrected chi connectivity index (χ4v) is 2.88. The number of thiazole rings is 1. The number of rotatable bonds is 6. The number of benzene rings is 1. The van der Waals surface area contributed by atoms with Gasteiger partial charge in [-0.3, -0.25) is 0 Å². The Morgan fingerprint density at radius 2 is 2.00 bits per heavy atom. The fraction of sp³-hybridized carbons (Fsp3) is 0.400. The smallest absolute Gasteiger partial charge is 0.119 e. The summed E-state index contributed by atoms with van der Waals surface area (Å²) in [7, 11) is 0. The lowest BCUT2D eigenvalue weighted by atomic mass is 10.1. The summed E-state index contributed by atoms with van der Waals surface area (Å²) < 4.78 is 5.75. The van der Waals surface area contributed by atoms with Gasteiger partial charge < -0.3 is 9.84 Å². The van der Waals surface area contributed by atoms with Crippen LogP contribution in [0.15, 0.2) is 17.5 Å². The fourth-order valence-electron chi connectivity index (χ4n) is 1.94. The van der Waals surface area contributed by atoms with Crippen molar-refractivity contribution in [3.63, 3.8) is 0 Å². The minimum absolute atomic E-state index is 0.0102. The summed E-state index contributed by atoms with van der Waals surface area (Å²) in [6.45, 7) is 4.62. The zero-order valence-corrected chi connectivity index (χ0v) is 13.2. The number of aromatic nitrogens is 1. The van der Waals surface area contributed by atoms with Crippen LogP contribution in [0, 0.1) is 13.8 Å². The number of halogens is 1. The Bertz CT molecular complexity index is 560. The molecule has 3 nitrogen and oxygen atoms in total. The van der Waals surface area contributed by atoms with Crippen LogP contribution in [0.25, 0.3) is 0 Å². The van der Waals surface area contributed by atoms with Crippen molar-refractivity contribution < 1.29 is 9.84 Å². The van der Waals surface area contributed by atoms with Crippen LogP contribution in [-0.2, 0) is 13.0 Å². The second-order valence-corrected chi connectivity index (χ2v) is 6.03. The van der Waals surface area contributed by atoms with Crippen LogP contribution in [-0.4, -0.2) is 16.7 Å². The van der Waals surface area contributed by atoms with E-state index in [9.17, 15) is 0 Å². The van der Waals surface area contributed by atoms with Gasteiger partial charge in [-0.25, -0.2) is 4.98 Å². The molecule has 0 spiro atoms. The topological polar surface area (TPSA) is 42.4 Å². The van der Waals surface area contributed by atoms with Crippen molar-refractivity contribution in [2.75, 3.05) is 6.61 Å². The van der Waals surface area contributed by atoms with Gasteiger partial charge in [0.1, 0.15) is 5.75 Å². The molecule has 2 aromatic rings. The Balaban J connectivity index is 1.81. The molecule has 1 aromatic carbocycles. The van der Waals surface area contributed by atoms with Crippen molar-refractivity contribution in [1.82, 2.24) is 4.98 Å². The first-order valence-electron chi connectivity index (χ1n) is 6.54. The van der Waals surface area contributed by atoms with E-state index in [1.54, 1.807) is 11.3 Å². The third-order valence-corrected chi connectivity index (χ3v) is 4.53. The first-order valence-corrected chi connectivity index (χ1v) is 7.79. The van der Waals surface area contributed by atoms with Crippen molar-refractivity contribution in [2.24, 2.45) is 0 Å². The third-order valence-electron chi connectivity index (χ3n) is 2.97. The van der Waals surface area contributed by atoms with E-state index >= 15 is 0 Å². The Morgan fingerprint density at radius 1 is 1.30 bits per heavy atom. The molecule has 0 saturated carbocycles. The SMILES string of the molecule is Cc1cc(OCCCc2nc(CO)cs2)cc(C)c1Cl. The molecule has 1 aromatic heterocycles. The summed E-state index contributed by atoms with van der Waals surface area (Å²) in [5, 5.41) is 12.7. The lowest BCUT2D eigenvalue weighted by Gasteiger charge is -2.09. The highest BCUT2D eigenvalue weighted by Crippen LogP contribution is 2.26. The van der Waals surface area contributed by atoms with E-state index in [1.807, 2.05) is 31.4 Å². The first-order chi connectivity index (χ1) is 9.60. The quantitative estimate of drug-likeness (QED) is 0.822. The molecule has 0 saturated heterocycles. The first kappa shape index (κ1) is 15.3. The van der Waals surface area contributed by atoms with Gasteiger partial charge in [0.05, 0.1) is 23.9 Å². The standard InChI is InChI=1S/C15H18ClNO2S/c1-10-6-13(7-11(2)15(10)16)19-5-3-4-14-17-12(8-18)9-20-14/h6-7,9,18H,3-5,8H2,1-2H3. The molecular weight excluding hydrogens is 294 g/mol. The lowest BCUT2D eigenvalue weighted by Crippen LogP contribution is -2.00. The maximum atomic E-state index is 8.95. The van der Waals surface area contributed by atoms with Crippen LogP contribution >= 0.6 is 22.9 Å². The molecule has 0 aliphatic heterocycles. The van der Waals surface area contributed by atoms with Crippen LogP contribution in [0.3, 0.4) is 0 Å². The predicted molar refractivity (Wildman–Crippen MR) is 82.8 cm³/mol. The largest absolute Gasteiger partial charge is 0.494 e. The molecule has 108 valence electrons. The van der Waals surface area contributed by atoms with E-state index in [0.717, 1.165) is 45.4 Å². The molecule has 2 rings (SSSR count). The van der Waals surface area contributed by atoms with Crippen molar-refractivity contribution in [3.8, 4) is 5.75 Å². The van der Waals surface area contributed by atoms with Gasteiger partial charge in [0.2, 0.25) is 0 Å². The maximum Gasteiger partial charge on any atom is 0.119 e. The predicted octanol–water partition coefficient (Wildman–Crippen LogP) is 3.92. The molecule has 5 heteroatoms. The highest BCUT2D eigenvalue weighted by Gasteiger charge is 2.04. The Morgan fingerprint density at radius 3 is 2.60 bits per heavy atom. The Kier molecular flexibility index (Phi) is 5.40. The summed E-state index contributed by atoms with van der Waals surface area (Å²) in [5.74, 6) is 0.861. The van der Waals surface area contributed by atoms with Gasteiger partial charge in [-0.2, -0.15) is 0 Å². The second-order valence-electron chi connectivity index (χ2n) is 4.71. The van der Waals surface area contributed by atoms with Crippen LogP contribution in [0.1, 0.15) is 28.2 Å². The van der Waals surface area contributed by atoms with Crippen molar-refractivity contribution in [1.29, 1.82) is 0 Å². The molecule has 0 amide bonds. The summed E-state index contributed by atoms with van der Waals surface area (Å²) in [5.41, 5.74) is 2.82. The van der Waals surface area contributed by atoms with Crippen LogP contribution < -0.4 is 4.74 Å². The second kappa shape index (κ2) is 7.07. The van der Waals surface area contributed by atoms with Crippen LogP contribution in [0.5, 0.6) is 5.75 Å². The van der Waals surface area contributed by atoms with E-state index in [0.29, 0.717) is 6.61 Å². The number of hydrogen-bond acceptors (Lipinski definition) is 4. The van der Waals surface area contributed by atoms with Crippen LogP contribution in [0.2, 0.25) is 5.02 Å². The zero-order valence-electron chi connectivity index (χ0n) is 11.6. The van der Waals surface area contributed by atoms with Gasteiger partial charge in [0.25, 0.3) is 0 Å². The number of ether oxygens (including phenoxy) is 1. The van der Waals surface area contributed by atoms with E-state index < -0.39 is 0 Å². The van der Waals surface area contributed by atoms with Gasteiger partial charge in [-0.1, -0.05) is 11.6 Å². The van der Waals surface area contributed by atoms with E-state index in [2.05, 4.69) is 4.98 Å². The minimum atomic E-state index is 0.0102. The normalized spacial score (nSPS) is 10.8. The number of nitrogens with zero attached hydrogens (tertiary/aromatic N) is 1. The third kappa shape index (κ3) is 3.95. The molecule has 1 heterocycles. The summed E-state index contributed by atoms with van der Waals surface area (Å²) >= 11 is 7.71. The van der Waals surface area contributed by atoms with Crippen molar-refractivity contribution in [3.05, 3.63) is 44.4 Å². The summed E-state index contributed by atoms with van der Waals surface area (Å²) in [4.78, 5) is 4.31. The molecule has 0 atom stereocenters. The van der Waals surface area contributed by atoms with Gasteiger partial charge in [0, 0.05) is 16.8 Å². The van der Waals surface area contributed by atoms with E-state index in [1.165, 1.54) is 0 Å². The van der Waals surface area contributed by atoms with Crippen molar-refractivity contribution >= 4 is 22.9 Å². The summed E-state index contributed by atoms with van der Waals surface area (Å²) in [6, 6.07) is 3.92. The monoisotopic (exact) mass is 311 g/mol. The molecule has 0 radical (unpaired) electrons. The van der Waals surface area contributed by atoms with Gasteiger partial charge in [0.15, 0.2) is 0 Å². The minimum Gasteiger partial charge on any atom is -0.494 e. The van der Waals surface area contributed by atoms with E-state index in [4.69, 9.17) is 21.4 Å². The summed E-state index contributed by atoms with van der Waals surface area (Å²) in [6.07, 6.45) is 1.77. The molecular formula is C15H18ClNO2S. The molecule has 1 N–H and O–H groups in total. The van der Waals surface area contributed by atoms with Crippen LogP contribution in [0.4, 0.5) is 0 Å². The number of hydrogen-bond donors (Lipinski definition) is 1. The van der Waals surface area contributed by atoms with Gasteiger partial charge in [-0.05, 0) is 43.5 Å². The lowest BCUT2D eigenvalue weighted by molar-refractivity contribution is 0.277. The average molecular weight is 312 g/mol. The maximum absolute atomic E-state index is 8.95. The number of aryl methyl sites for hydroxylation is 3. The highest BCUT2D eigenvalue weighted by molar-refractivity contribution is 7.09.